The van der Waals surface area contributed by atoms with Gasteiger partial charge in [0.05, 0.1) is 6.54 Å². The van der Waals surface area contributed by atoms with Crippen LogP contribution in [-0.4, -0.2) is 37.6 Å². The summed E-state index contributed by atoms with van der Waals surface area (Å²) in [4.78, 5) is 13.7. The van der Waals surface area contributed by atoms with Crippen LogP contribution in [-0.2, 0) is 4.79 Å². The van der Waals surface area contributed by atoms with Crippen LogP contribution < -0.4 is 10.5 Å². The Hall–Kier alpha value is -1.55. The molecule has 0 saturated heterocycles. The van der Waals surface area contributed by atoms with Crippen molar-refractivity contribution in [2.45, 2.75) is 33.6 Å². The van der Waals surface area contributed by atoms with Crippen LogP contribution in [0.25, 0.3) is 0 Å². The van der Waals surface area contributed by atoms with Gasteiger partial charge in [0.25, 0.3) is 0 Å². The molecule has 1 amide bonds. The zero-order valence-electron chi connectivity index (χ0n) is 13.7. The van der Waals surface area contributed by atoms with E-state index in [2.05, 4.69) is 13.0 Å². The van der Waals surface area contributed by atoms with Crippen molar-refractivity contribution in [3.63, 3.8) is 0 Å². The Morgan fingerprint density at radius 2 is 1.90 bits per heavy atom. The molecule has 2 N–H and O–H groups in total. The van der Waals surface area contributed by atoms with E-state index in [0.717, 1.165) is 12.2 Å². The number of hydrogen-bond acceptors (Lipinski definition) is 3. The number of rotatable bonds is 8. The third-order valence-electron chi connectivity index (χ3n) is 3.57. The van der Waals surface area contributed by atoms with E-state index in [-0.39, 0.29) is 5.91 Å². The molecule has 21 heavy (non-hydrogen) atoms. The Balaban J connectivity index is 2.32. The average molecular weight is 292 g/mol. The van der Waals surface area contributed by atoms with Gasteiger partial charge >= 0.3 is 0 Å². The molecule has 1 aromatic rings. The van der Waals surface area contributed by atoms with Crippen molar-refractivity contribution in [2.24, 2.45) is 11.7 Å². The summed E-state index contributed by atoms with van der Waals surface area (Å²) in [7, 11) is 1.82. The van der Waals surface area contributed by atoms with Crippen LogP contribution in [0.1, 0.15) is 30.9 Å². The molecule has 118 valence electrons. The summed E-state index contributed by atoms with van der Waals surface area (Å²) in [6, 6.07) is 6.14. The zero-order chi connectivity index (χ0) is 15.8. The number of amides is 1. The summed E-state index contributed by atoms with van der Waals surface area (Å²) < 4.78 is 5.72. The molecule has 0 fully saturated rings. The lowest BCUT2D eigenvalue weighted by molar-refractivity contribution is -0.130. The fraction of sp³-hybridized carbons (Fsp3) is 0.588. The summed E-state index contributed by atoms with van der Waals surface area (Å²) >= 11 is 0. The second-order valence-electron chi connectivity index (χ2n) is 5.87. The Kier molecular flexibility index (Phi) is 7.23. The molecule has 1 rings (SSSR count). The van der Waals surface area contributed by atoms with E-state index in [1.54, 1.807) is 4.90 Å². The quantitative estimate of drug-likeness (QED) is 0.801. The van der Waals surface area contributed by atoms with E-state index in [1.165, 1.54) is 11.1 Å². The monoisotopic (exact) mass is 292 g/mol. The van der Waals surface area contributed by atoms with Crippen LogP contribution in [0.3, 0.4) is 0 Å². The number of carbonyl (C=O) groups is 1. The van der Waals surface area contributed by atoms with Crippen molar-refractivity contribution in [2.75, 3.05) is 26.7 Å². The molecular formula is C17H28N2O2. The van der Waals surface area contributed by atoms with Crippen molar-refractivity contribution >= 4 is 5.91 Å². The van der Waals surface area contributed by atoms with Gasteiger partial charge in [0, 0.05) is 13.5 Å². The molecule has 1 aromatic carbocycles. The Bertz CT molecular complexity index is 440. The number of hydrogen-bond donors (Lipinski definition) is 1. The first-order valence-corrected chi connectivity index (χ1v) is 7.57. The standard InChI is InChI=1S/C17H28N2O2/c1-13(12-18)5-6-17(20)19(4)7-8-21-16-10-14(2)9-15(3)11-16/h9-11,13H,5-8,12,18H2,1-4H3. The van der Waals surface area contributed by atoms with Crippen molar-refractivity contribution < 1.29 is 9.53 Å². The van der Waals surface area contributed by atoms with Gasteiger partial charge in [-0.05, 0) is 56.0 Å². The molecular weight excluding hydrogens is 264 g/mol. The van der Waals surface area contributed by atoms with Crippen LogP contribution in [0.5, 0.6) is 5.75 Å². The summed E-state index contributed by atoms with van der Waals surface area (Å²) in [5, 5.41) is 0. The number of nitrogens with zero attached hydrogens (tertiary/aromatic N) is 1. The van der Waals surface area contributed by atoms with Gasteiger partial charge in [0.2, 0.25) is 5.91 Å². The highest BCUT2D eigenvalue weighted by Crippen LogP contribution is 2.16. The molecule has 0 heterocycles. The maximum atomic E-state index is 11.9. The predicted molar refractivity (Wildman–Crippen MR) is 86.5 cm³/mol. The normalized spacial score (nSPS) is 12.0. The number of ether oxygens (including phenoxy) is 1. The molecule has 0 saturated carbocycles. The van der Waals surface area contributed by atoms with E-state index in [4.69, 9.17) is 10.5 Å². The number of nitrogens with two attached hydrogens (primary N) is 1. The lowest BCUT2D eigenvalue weighted by Gasteiger charge is -2.18. The first-order valence-electron chi connectivity index (χ1n) is 7.57. The maximum absolute atomic E-state index is 11.9. The van der Waals surface area contributed by atoms with Gasteiger partial charge in [0.15, 0.2) is 0 Å². The Labute approximate surface area is 128 Å². The highest BCUT2D eigenvalue weighted by Gasteiger charge is 2.10. The van der Waals surface area contributed by atoms with Gasteiger partial charge in [-0.2, -0.15) is 0 Å². The van der Waals surface area contributed by atoms with Crippen LogP contribution in [0.4, 0.5) is 0 Å². The van der Waals surface area contributed by atoms with Crippen LogP contribution in [0.15, 0.2) is 18.2 Å². The molecule has 0 aliphatic carbocycles. The lowest BCUT2D eigenvalue weighted by atomic mass is 10.1. The molecule has 0 spiro atoms. The lowest BCUT2D eigenvalue weighted by Crippen LogP contribution is -2.31. The Morgan fingerprint density at radius 1 is 1.29 bits per heavy atom. The van der Waals surface area contributed by atoms with Crippen molar-refractivity contribution in [3.8, 4) is 5.75 Å². The minimum absolute atomic E-state index is 0.152. The van der Waals surface area contributed by atoms with Gasteiger partial charge < -0.3 is 15.4 Å². The summed E-state index contributed by atoms with van der Waals surface area (Å²) in [5.41, 5.74) is 7.93. The molecule has 1 unspecified atom stereocenters. The number of benzene rings is 1. The minimum Gasteiger partial charge on any atom is -0.492 e. The third kappa shape index (κ3) is 6.63. The highest BCUT2D eigenvalue weighted by molar-refractivity contribution is 5.75. The van der Waals surface area contributed by atoms with E-state index >= 15 is 0 Å². The molecule has 4 nitrogen and oxygen atoms in total. The first kappa shape index (κ1) is 17.5. The van der Waals surface area contributed by atoms with E-state index in [0.29, 0.717) is 32.0 Å². The number of likely N-dealkylation sites (N-methyl/N-ethyl adjacent to an activating group) is 1. The molecule has 0 radical (unpaired) electrons. The molecule has 0 aliphatic rings. The molecule has 4 heteroatoms. The molecule has 0 aromatic heterocycles. The fourth-order valence-electron chi connectivity index (χ4n) is 2.12. The van der Waals surface area contributed by atoms with Gasteiger partial charge in [-0.3, -0.25) is 4.79 Å². The number of carbonyl (C=O) groups excluding carboxylic acids is 1. The third-order valence-corrected chi connectivity index (χ3v) is 3.57. The smallest absolute Gasteiger partial charge is 0.222 e. The summed E-state index contributed by atoms with van der Waals surface area (Å²) in [6.07, 6.45) is 1.40. The largest absolute Gasteiger partial charge is 0.492 e. The van der Waals surface area contributed by atoms with Crippen LogP contribution >= 0.6 is 0 Å². The topological polar surface area (TPSA) is 55.6 Å². The summed E-state index contributed by atoms with van der Waals surface area (Å²) in [6.45, 7) is 7.91. The second-order valence-corrected chi connectivity index (χ2v) is 5.87. The van der Waals surface area contributed by atoms with Gasteiger partial charge in [-0.15, -0.1) is 0 Å². The number of aryl methyl sites for hydroxylation is 2. The zero-order valence-corrected chi connectivity index (χ0v) is 13.7. The highest BCUT2D eigenvalue weighted by atomic mass is 16.5. The van der Waals surface area contributed by atoms with Gasteiger partial charge in [-0.1, -0.05) is 13.0 Å². The minimum atomic E-state index is 0.152. The Morgan fingerprint density at radius 3 is 2.48 bits per heavy atom. The van der Waals surface area contributed by atoms with Crippen molar-refractivity contribution in [1.29, 1.82) is 0 Å². The SMILES string of the molecule is Cc1cc(C)cc(OCCN(C)C(=O)CCC(C)CN)c1. The van der Waals surface area contributed by atoms with Crippen LogP contribution in [0, 0.1) is 19.8 Å². The van der Waals surface area contributed by atoms with Gasteiger partial charge in [-0.25, -0.2) is 0 Å². The molecule has 1 atom stereocenters. The predicted octanol–water partition coefficient (Wildman–Crippen LogP) is 2.52. The van der Waals surface area contributed by atoms with Crippen molar-refractivity contribution in [1.82, 2.24) is 4.90 Å². The first-order chi connectivity index (χ1) is 9.92. The maximum Gasteiger partial charge on any atom is 0.222 e. The molecule has 0 bridgehead atoms. The van der Waals surface area contributed by atoms with Crippen molar-refractivity contribution in [3.05, 3.63) is 29.3 Å². The van der Waals surface area contributed by atoms with E-state index in [1.807, 2.05) is 33.0 Å². The second kappa shape index (κ2) is 8.67. The van der Waals surface area contributed by atoms with Crippen LogP contribution in [0.2, 0.25) is 0 Å². The van der Waals surface area contributed by atoms with E-state index < -0.39 is 0 Å². The van der Waals surface area contributed by atoms with E-state index in [9.17, 15) is 4.79 Å². The molecule has 0 aliphatic heterocycles. The average Bonchev–Trinajstić information content (AvgIpc) is 2.43. The summed E-state index contributed by atoms with van der Waals surface area (Å²) in [5.74, 6) is 1.42. The van der Waals surface area contributed by atoms with Gasteiger partial charge in [0.1, 0.15) is 12.4 Å². The fourth-order valence-corrected chi connectivity index (χ4v) is 2.12.